The maximum atomic E-state index is 11.4. The van der Waals surface area contributed by atoms with Crippen molar-refractivity contribution >= 4 is 17.7 Å². The minimum Gasteiger partial charge on any atom is -0.353 e. The van der Waals surface area contributed by atoms with Gasteiger partial charge in [-0.2, -0.15) is 11.8 Å². The molecule has 7 heteroatoms. The topological polar surface area (TPSA) is 73.9 Å². The molecule has 0 aliphatic rings. The first-order chi connectivity index (χ1) is 14.1. The van der Waals surface area contributed by atoms with Crippen LogP contribution in [-0.2, 0) is 18.7 Å². The molecule has 2 N–H and O–H groups in total. The van der Waals surface area contributed by atoms with Crippen molar-refractivity contribution in [3.63, 3.8) is 0 Å². The highest BCUT2D eigenvalue weighted by molar-refractivity contribution is 7.98. The van der Waals surface area contributed by atoms with Crippen molar-refractivity contribution < 1.29 is 0 Å². The smallest absolute Gasteiger partial charge is 0.248 e. The summed E-state index contributed by atoms with van der Waals surface area (Å²) in [5.74, 6) is 2.61. The summed E-state index contributed by atoms with van der Waals surface area (Å²) in [7, 11) is 4.18. The Balaban J connectivity index is 1.39. The van der Waals surface area contributed by atoms with Gasteiger partial charge in [0, 0.05) is 55.7 Å². The highest BCUT2D eigenvalue weighted by Gasteiger charge is 2.01. The summed E-state index contributed by atoms with van der Waals surface area (Å²) in [6.45, 7) is 1.78. The summed E-state index contributed by atoms with van der Waals surface area (Å²) in [4.78, 5) is 24.9. The van der Waals surface area contributed by atoms with Crippen LogP contribution in [0.4, 0.5) is 5.95 Å². The lowest BCUT2D eigenvalue weighted by Gasteiger charge is -2.11. The van der Waals surface area contributed by atoms with Gasteiger partial charge in [0.2, 0.25) is 11.5 Å². The van der Waals surface area contributed by atoms with E-state index in [9.17, 15) is 4.79 Å². The Morgan fingerprint density at radius 3 is 2.59 bits per heavy atom. The van der Waals surface area contributed by atoms with Crippen LogP contribution in [0, 0.1) is 0 Å². The molecule has 3 aromatic rings. The molecule has 2 heterocycles. The van der Waals surface area contributed by atoms with E-state index in [2.05, 4.69) is 63.5 Å². The van der Waals surface area contributed by atoms with Gasteiger partial charge in [-0.3, -0.25) is 4.79 Å². The molecule has 0 bridgehead atoms. The molecule has 0 saturated heterocycles. The predicted molar refractivity (Wildman–Crippen MR) is 120 cm³/mol. The number of benzene rings is 1. The highest BCUT2D eigenvalue weighted by Crippen LogP contribution is 2.14. The molecule has 2 aromatic heterocycles. The fourth-order valence-corrected chi connectivity index (χ4v) is 3.79. The summed E-state index contributed by atoms with van der Waals surface area (Å²) in [6, 6.07) is 12.3. The molecular weight excluding hydrogens is 382 g/mol. The van der Waals surface area contributed by atoms with Gasteiger partial charge in [0.1, 0.15) is 0 Å². The van der Waals surface area contributed by atoms with Crippen LogP contribution in [0.5, 0.6) is 0 Å². The number of aromatic nitrogens is 3. The first-order valence-electron chi connectivity index (χ1n) is 9.61. The Kier molecular flexibility index (Phi) is 7.84. The molecular formula is C22H27N5OS. The molecule has 6 nitrogen and oxygen atoms in total. The van der Waals surface area contributed by atoms with Crippen molar-refractivity contribution in [2.45, 2.75) is 18.7 Å². The van der Waals surface area contributed by atoms with Crippen LogP contribution in [0.25, 0.3) is 0 Å². The number of pyridine rings is 1. The van der Waals surface area contributed by atoms with E-state index in [4.69, 9.17) is 0 Å². The molecule has 0 amide bonds. The Hall–Kier alpha value is -2.64. The van der Waals surface area contributed by atoms with E-state index in [1.807, 2.05) is 17.8 Å². The Bertz CT molecular complexity index is 956. The van der Waals surface area contributed by atoms with E-state index in [0.29, 0.717) is 12.4 Å². The SMILES string of the molecule is CN(C)Cc1cccc(CSCCNc2ncc(Cc3cc[nH]c(=O)c3)cn2)c1. The molecule has 0 unspecified atom stereocenters. The minimum absolute atomic E-state index is 0.0939. The zero-order valence-corrected chi connectivity index (χ0v) is 17.7. The molecule has 0 fully saturated rings. The van der Waals surface area contributed by atoms with Crippen molar-refractivity contribution in [1.82, 2.24) is 19.9 Å². The van der Waals surface area contributed by atoms with E-state index in [1.54, 1.807) is 24.7 Å². The number of H-pyrrole nitrogens is 1. The molecule has 29 heavy (non-hydrogen) atoms. The lowest BCUT2D eigenvalue weighted by atomic mass is 10.1. The third-order valence-electron chi connectivity index (χ3n) is 4.24. The largest absolute Gasteiger partial charge is 0.353 e. The third kappa shape index (κ3) is 7.36. The molecule has 3 rings (SSSR count). The summed E-state index contributed by atoms with van der Waals surface area (Å²) in [5.41, 5.74) is 4.54. The van der Waals surface area contributed by atoms with Gasteiger partial charge < -0.3 is 15.2 Å². The van der Waals surface area contributed by atoms with E-state index >= 15 is 0 Å². The van der Waals surface area contributed by atoms with Gasteiger partial charge in [-0.25, -0.2) is 9.97 Å². The molecule has 0 radical (unpaired) electrons. The summed E-state index contributed by atoms with van der Waals surface area (Å²) < 4.78 is 0. The molecule has 1 aromatic carbocycles. The van der Waals surface area contributed by atoms with Gasteiger partial charge >= 0.3 is 0 Å². The second-order valence-electron chi connectivity index (χ2n) is 7.19. The molecule has 0 saturated carbocycles. The second kappa shape index (κ2) is 10.8. The quantitative estimate of drug-likeness (QED) is 0.501. The number of aromatic amines is 1. The molecule has 0 atom stereocenters. The lowest BCUT2D eigenvalue weighted by molar-refractivity contribution is 0.402. The number of nitrogens with one attached hydrogen (secondary N) is 2. The van der Waals surface area contributed by atoms with Gasteiger partial charge in [0.25, 0.3) is 0 Å². The first kappa shape index (κ1) is 21.1. The number of hydrogen-bond donors (Lipinski definition) is 2. The highest BCUT2D eigenvalue weighted by atomic mass is 32.2. The van der Waals surface area contributed by atoms with E-state index < -0.39 is 0 Å². The van der Waals surface area contributed by atoms with E-state index in [1.165, 1.54) is 11.1 Å². The number of hydrogen-bond acceptors (Lipinski definition) is 6. The van der Waals surface area contributed by atoms with E-state index in [0.717, 1.165) is 35.7 Å². The van der Waals surface area contributed by atoms with Crippen LogP contribution in [0.2, 0.25) is 0 Å². The number of nitrogens with zero attached hydrogens (tertiary/aromatic N) is 3. The summed E-state index contributed by atoms with van der Waals surface area (Å²) in [5, 5.41) is 3.26. The van der Waals surface area contributed by atoms with Gasteiger partial charge in [-0.1, -0.05) is 24.3 Å². The first-order valence-corrected chi connectivity index (χ1v) is 10.8. The monoisotopic (exact) mass is 409 g/mol. The van der Waals surface area contributed by atoms with Gasteiger partial charge in [-0.05, 0) is 42.4 Å². The van der Waals surface area contributed by atoms with Gasteiger partial charge in [-0.15, -0.1) is 0 Å². The van der Waals surface area contributed by atoms with E-state index in [-0.39, 0.29) is 5.56 Å². The average molecular weight is 410 g/mol. The predicted octanol–water partition coefficient (Wildman–Crippen LogP) is 3.16. The van der Waals surface area contributed by atoms with Crippen LogP contribution < -0.4 is 10.9 Å². The van der Waals surface area contributed by atoms with Crippen LogP contribution >= 0.6 is 11.8 Å². The maximum Gasteiger partial charge on any atom is 0.248 e. The van der Waals surface area contributed by atoms with Crippen LogP contribution in [0.3, 0.4) is 0 Å². The summed E-state index contributed by atoms with van der Waals surface area (Å²) >= 11 is 1.90. The Morgan fingerprint density at radius 2 is 1.83 bits per heavy atom. The Labute approximate surface area is 175 Å². The van der Waals surface area contributed by atoms with Crippen molar-refractivity contribution in [3.05, 3.63) is 87.6 Å². The molecule has 0 aliphatic heterocycles. The summed E-state index contributed by atoms with van der Waals surface area (Å²) in [6.07, 6.45) is 5.91. The second-order valence-corrected chi connectivity index (χ2v) is 8.30. The van der Waals surface area contributed by atoms with Crippen molar-refractivity contribution in [3.8, 4) is 0 Å². The lowest BCUT2D eigenvalue weighted by Crippen LogP contribution is -2.10. The van der Waals surface area contributed by atoms with Gasteiger partial charge in [0.05, 0.1) is 0 Å². The van der Waals surface area contributed by atoms with Crippen molar-refractivity contribution in [2.75, 3.05) is 31.7 Å². The molecule has 0 aliphatic carbocycles. The number of rotatable bonds is 10. The zero-order valence-electron chi connectivity index (χ0n) is 16.9. The number of thioether (sulfide) groups is 1. The van der Waals surface area contributed by atoms with Crippen molar-refractivity contribution in [1.29, 1.82) is 0 Å². The zero-order chi connectivity index (χ0) is 20.5. The number of anilines is 1. The normalized spacial score (nSPS) is 11.0. The van der Waals surface area contributed by atoms with Crippen LogP contribution in [-0.4, -0.2) is 46.2 Å². The third-order valence-corrected chi connectivity index (χ3v) is 5.27. The fourth-order valence-electron chi connectivity index (χ4n) is 2.98. The average Bonchev–Trinajstić information content (AvgIpc) is 2.69. The standard InChI is InChI=1S/C22H27N5OS/c1-27(2)15-18-4-3-5-19(11-18)16-29-9-8-24-22-25-13-20(14-26-22)10-17-6-7-23-21(28)12-17/h3-7,11-14H,8-10,15-16H2,1-2H3,(H,23,28)(H,24,25,26). The van der Waals surface area contributed by atoms with Crippen LogP contribution in [0.15, 0.2) is 59.8 Å². The van der Waals surface area contributed by atoms with Gasteiger partial charge in [0.15, 0.2) is 0 Å². The van der Waals surface area contributed by atoms with Crippen LogP contribution in [0.1, 0.15) is 22.3 Å². The molecule has 0 spiro atoms. The maximum absolute atomic E-state index is 11.4. The minimum atomic E-state index is -0.0939. The van der Waals surface area contributed by atoms with Crippen molar-refractivity contribution in [2.24, 2.45) is 0 Å². The fraction of sp³-hybridized carbons (Fsp3) is 0.318. The molecule has 152 valence electrons. The Morgan fingerprint density at radius 1 is 1.03 bits per heavy atom.